The van der Waals surface area contributed by atoms with E-state index in [1.807, 2.05) is 20.8 Å². The van der Waals surface area contributed by atoms with Gasteiger partial charge in [-0.25, -0.2) is 0 Å². The highest BCUT2D eigenvalue weighted by Crippen LogP contribution is 2.33. The highest BCUT2D eigenvalue weighted by atomic mass is 32.2. The molecule has 1 unspecified atom stereocenters. The minimum absolute atomic E-state index is 0.0140. The molecule has 1 aromatic carbocycles. The first kappa shape index (κ1) is 21.7. The van der Waals surface area contributed by atoms with Gasteiger partial charge in [-0.3, -0.25) is 13.5 Å². The normalized spacial score (nSPS) is 14.4. The van der Waals surface area contributed by atoms with Crippen LogP contribution < -0.4 is 0 Å². The molecule has 1 atom stereocenters. The molecule has 0 aliphatic rings. The molecular formula is C17H25O6PS. The summed E-state index contributed by atoms with van der Waals surface area (Å²) in [4.78, 5) is 12.5. The summed E-state index contributed by atoms with van der Waals surface area (Å²) in [5.41, 5.74) is -0.351. The number of rotatable bonds is 10. The summed E-state index contributed by atoms with van der Waals surface area (Å²) >= 11 is 0. The van der Waals surface area contributed by atoms with Crippen LogP contribution in [0.3, 0.4) is 0 Å². The van der Waals surface area contributed by atoms with Crippen LogP contribution in [-0.4, -0.2) is 33.8 Å². The Balaban J connectivity index is 3.09. The summed E-state index contributed by atoms with van der Waals surface area (Å²) in [6, 6.07) is 6.23. The topological polar surface area (TPSA) is 86.7 Å². The van der Waals surface area contributed by atoms with E-state index in [2.05, 4.69) is 0 Å². The zero-order valence-electron chi connectivity index (χ0n) is 15.0. The van der Waals surface area contributed by atoms with Crippen LogP contribution in [0.1, 0.15) is 32.8 Å². The van der Waals surface area contributed by atoms with E-state index in [0.29, 0.717) is 6.42 Å². The number of hydrogen-bond acceptors (Lipinski definition) is 6. The third-order valence-electron chi connectivity index (χ3n) is 3.67. The van der Waals surface area contributed by atoms with Crippen molar-refractivity contribution in [3.63, 3.8) is 0 Å². The van der Waals surface area contributed by atoms with Crippen molar-refractivity contribution >= 4 is 24.5 Å². The van der Waals surface area contributed by atoms with Gasteiger partial charge in [0.1, 0.15) is 5.41 Å². The molecule has 6 nitrogen and oxygen atoms in total. The van der Waals surface area contributed by atoms with E-state index in [1.165, 1.54) is 12.1 Å². The maximum absolute atomic E-state index is 12.4. The molecule has 0 aliphatic heterocycles. The fourth-order valence-corrected chi connectivity index (χ4v) is 4.11. The Hall–Kier alpha value is -1.30. The molecule has 0 saturated heterocycles. The van der Waals surface area contributed by atoms with Gasteiger partial charge in [0, 0.05) is 6.16 Å². The third-order valence-corrected chi connectivity index (χ3v) is 5.69. The maximum Gasteiger partial charge on any atom is 0.315 e. The van der Waals surface area contributed by atoms with E-state index in [4.69, 9.17) is 8.92 Å². The van der Waals surface area contributed by atoms with Gasteiger partial charge in [-0.15, -0.1) is 0 Å². The molecule has 0 aliphatic carbocycles. The van der Waals surface area contributed by atoms with Crippen LogP contribution in [-0.2, 0) is 28.4 Å². The van der Waals surface area contributed by atoms with Crippen LogP contribution in [0, 0.1) is 18.3 Å². The summed E-state index contributed by atoms with van der Waals surface area (Å²) in [6.07, 6.45) is 0.248. The smallest absolute Gasteiger partial charge is 0.315 e. The lowest BCUT2D eigenvalue weighted by Crippen LogP contribution is -2.41. The number of carbonyl (C=O) groups is 1. The highest BCUT2D eigenvalue weighted by molar-refractivity contribution is 7.86. The molecule has 1 aromatic rings. The lowest BCUT2D eigenvalue weighted by molar-refractivity contribution is -0.156. The Morgan fingerprint density at radius 1 is 1.24 bits per heavy atom. The lowest BCUT2D eigenvalue weighted by Gasteiger charge is -2.30. The van der Waals surface area contributed by atoms with Crippen LogP contribution in [0.2, 0.25) is 0 Å². The Morgan fingerprint density at radius 3 is 2.32 bits per heavy atom. The second kappa shape index (κ2) is 9.41. The number of hydrogen-bond donors (Lipinski definition) is 0. The summed E-state index contributed by atoms with van der Waals surface area (Å²) in [6.45, 7) is 7.04. The maximum atomic E-state index is 12.4. The van der Waals surface area contributed by atoms with Crippen LogP contribution in [0.15, 0.2) is 29.2 Å². The first-order valence-electron chi connectivity index (χ1n) is 8.09. The van der Waals surface area contributed by atoms with Gasteiger partial charge >= 0.3 is 5.97 Å². The van der Waals surface area contributed by atoms with Crippen LogP contribution in [0.5, 0.6) is 0 Å². The zero-order chi connectivity index (χ0) is 19.1. The van der Waals surface area contributed by atoms with Crippen molar-refractivity contribution in [3.8, 4) is 0 Å². The van der Waals surface area contributed by atoms with Gasteiger partial charge in [-0.05, 0) is 38.3 Å². The molecular weight excluding hydrogens is 363 g/mol. The predicted molar refractivity (Wildman–Crippen MR) is 95.3 cm³/mol. The molecule has 0 heterocycles. The quantitative estimate of drug-likeness (QED) is 0.346. The molecule has 8 heteroatoms. The van der Waals surface area contributed by atoms with E-state index < -0.39 is 28.1 Å². The van der Waals surface area contributed by atoms with Crippen molar-refractivity contribution < 1.29 is 26.7 Å². The Bertz CT molecular complexity index is 684. The van der Waals surface area contributed by atoms with Crippen molar-refractivity contribution in [3.05, 3.63) is 29.8 Å². The number of aryl methyl sites for hydroxylation is 1. The standard InChI is InChI=1S/C17H25O6PS/c1-5-22-16(18)17(12-24-19,10-13(2)3)11-23-25(20,21)15-8-6-14(4)7-9-15/h6-9,13H,5,10-12H2,1-4H3. The molecule has 0 aromatic heterocycles. The molecule has 0 bridgehead atoms. The Morgan fingerprint density at radius 2 is 1.84 bits per heavy atom. The SMILES string of the molecule is CCOC(=O)C(COS(=O)(=O)c1ccc(C)cc1)(CP=O)CC(C)C. The molecule has 1 rings (SSSR count). The minimum Gasteiger partial charge on any atom is -0.465 e. The Kier molecular flexibility index (Phi) is 8.19. The molecule has 25 heavy (non-hydrogen) atoms. The number of carbonyl (C=O) groups excluding carboxylic acids is 1. The summed E-state index contributed by atoms with van der Waals surface area (Å²) in [5.74, 6) is -0.525. The molecule has 0 N–H and O–H groups in total. The molecule has 0 saturated carbocycles. The first-order chi connectivity index (χ1) is 11.7. The number of esters is 1. The molecule has 140 valence electrons. The second-order valence-electron chi connectivity index (χ2n) is 6.42. The first-order valence-corrected chi connectivity index (χ1v) is 10.5. The molecule has 0 fully saturated rings. The fraction of sp³-hybridized carbons (Fsp3) is 0.588. The van der Waals surface area contributed by atoms with Crippen molar-refractivity contribution in [2.45, 2.75) is 39.0 Å². The van der Waals surface area contributed by atoms with Gasteiger partial charge in [0.15, 0.2) is 8.46 Å². The van der Waals surface area contributed by atoms with E-state index in [9.17, 15) is 17.8 Å². The average Bonchev–Trinajstić information content (AvgIpc) is 2.53. The van der Waals surface area contributed by atoms with Gasteiger partial charge in [-0.2, -0.15) is 8.42 Å². The van der Waals surface area contributed by atoms with Crippen molar-refractivity contribution in [2.24, 2.45) is 11.3 Å². The van der Waals surface area contributed by atoms with Crippen LogP contribution >= 0.6 is 8.46 Å². The van der Waals surface area contributed by atoms with E-state index in [0.717, 1.165) is 5.56 Å². The predicted octanol–water partition coefficient (Wildman–Crippen LogP) is 3.59. The van der Waals surface area contributed by atoms with Crippen molar-refractivity contribution in [1.82, 2.24) is 0 Å². The zero-order valence-corrected chi connectivity index (χ0v) is 16.7. The molecule has 0 spiro atoms. The Labute approximate surface area is 151 Å². The van der Waals surface area contributed by atoms with Crippen molar-refractivity contribution in [1.29, 1.82) is 0 Å². The van der Waals surface area contributed by atoms with Gasteiger partial charge in [0.2, 0.25) is 0 Å². The highest BCUT2D eigenvalue weighted by Gasteiger charge is 2.42. The van der Waals surface area contributed by atoms with E-state index in [1.54, 1.807) is 19.1 Å². The largest absolute Gasteiger partial charge is 0.465 e. The third kappa shape index (κ3) is 6.17. The van der Waals surface area contributed by atoms with Gasteiger partial charge < -0.3 is 4.74 Å². The summed E-state index contributed by atoms with van der Waals surface area (Å²) in [5, 5.41) is 0. The van der Waals surface area contributed by atoms with Crippen LogP contribution in [0.4, 0.5) is 0 Å². The van der Waals surface area contributed by atoms with E-state index >= 15 is 0 Å². The monoisotopic (exact) mass is 388 g/mol. The molecule has 0 amide bonds. The summed E-state index contributed by atoms with van der Waals surface area (Å²) in [7, 11) is -4.29. The fourth-order valence-electron chi connectivity index (χ4n) is 2.53. The van der Waals surface area contributed by atoms with E-state index in [-0.39, 0.29) is 32.0 Å². The van der Waals surface area contributed by atoms with Crippen LogP contribution in [0.25, 0.3) is 0 Å². The second-order valence-corrected chi connectivity index (χ2v) is 8.61. The summed E-state index contributed by atoms with van der Waals surface area (Å²) < 4.78 is 46.3. The average molecular weight is 388 g/mol. The van der Waals surface area contributed by atoms with Crippen molar-refractivity contribution in [2.75, 3.05) is 19.4 Å². The number of ether oxygens (including phenoxy) is 1. The minimum atomic E-state index is -4.03. The lowest BCUT2D eigenvalue weighted by atomic mass is 9.82. The molecule has 0 radical (unpaired) electrons. The van der Waals surface area contributed by atoms with Gasteiger partial charge in [0.25, 0.3) is 10.1 Å². The van der Waals surface area contributed by atoms with Gasteiger partial charge in [0.05, 0.1) is 18.1 Å². The number of benzene rings is 1. The van der Waals surface area contributed by atoms with Gasteiger partial charge in [-0.1, -0.05) is 31.5 Å².